The van der Waals surface area contributed by atoms with Crippen LogP contribution in [0, 0.1) is 0 Å². The van der Waals surface area contributed by atoms with Gasteiger partial charge in [0.2, 0.25) is 0 Å². The summed E-state index contributed by atoms with van der Waals surface area (Å²) in [6.07, 6.45) is 1.82. The fourth-order valence-corrected chi connectivity index (χ4v) is 1.28. The Morgan fingerprint density at radius 1 is 1.50 bits per heavy atom. The molecule has 0 aliphatic carbocycles. The molecule has 1 N–H and O–H groups in total. The molecule has 0 atom stereocenters. The van der Waals surface area contributed by atoms with E-state index in [0.717, 1.165) is 30.2 Å². The van der Waals surface area contributed by atoms with Gasteiger partial charge in [-0.3, -0.25) is 0 Å². The van der Waals surface area contributed by atoms with E-state index in [1.54, 1.807) is 0 Å². The van der Waals surface area contributed by atoms with Crippen molar-refractivity contribution in [1.82, 2.24) is 0 Å². The molecule has 0 bridgehead atoms. The lowest BCUT2D eigenvalue weighted by atomic mass is 10.2. The Kier molecular flexibility index (Phi) is 1.74. The minimum atomic E-state index is 0.744. The number of fused-ring (bicyclic) bond motifs is 1. The number of anilines is 1. The maximum atomic E-state index is 5.46. The molecule has 0 saturated carbocycles. The van der Waals surface area contributed by atoms with E-state index < -0.39 is 0 Å². The molecule has 1 aliphatic rings. The first-order chi connectivity index (χ1) is 5.90. The van der Waals surface area contributed by atoms with Crippen LogP contribution in [0.15, 0.2) is 24.8 Å². The van der Waals surface area contributed by atoms with Crippen molar-refractivity contribution in [3.63, 3.8) is 0 Å². The third-order valence-corrected chi connectivity index (χ3v) is 1.92. The summed E-state index contributed by atoms with van der Waals surface area (Å²) in [6.45, 7) is 5.34. The van der Waals surface area contributed by atoms with Crippen molar-refractivity contribution in [3.8, 4) is 5.75 Å². The predicted molar refractivity (Wildman–Crippen MR) is 50.5 cm³/mol. The lowest BCUT2D eigenvalue weighted by molar-refractivity contribution is 0.323. The van der Waals surface area contributed by atoms with Gasteiger partial charge in [0.1, 0.15) is 12.4 Å². The Balaban J connectivity index is 2.42. The fraction of sp³-hybridized carbons (Fsp3) is 0.200. The van der Waals surface area contributed by atoms with Gasteiger partial charge in [-0.25, -0.2) is 0 Å². The lowest BCUT2D eigenvalue weighted by Crippen LogP contribution is -2.17. The summed E-state index contributed by atoms with van der Waals surface area (Å²) < 4.78 is 5.46. The van der Waals surface area contributed by atoms with Crippen molar-refractivity contribution in [3.05, 3.63) is 30.3 Å². The van der Waals surface area contributed by atoms with E-state index in [2.05, 4.69) is 11.9 Å². The van der Waals surface area contributed by atoms with Crippen molar-refractivity contribution in [2.24, 2.45) is 0 Å². The Morgan fingerprint density at radius 2 is 2.42 bits per heavy atom. The molecule has 1 aliphatic heterocycles. The number of hydrogen-bond acceptors (Lipinski definition) is 2. The molecular formula is C10H11NO. The van der Waals surface area contributed by atoms with E-state index in [9.17, 15) is 0 Å². The molecule has 0 fully saturated rings. The summed E-state index contributed by atoms with van der Waals surface area (Å²) in [7, 11) is 0. The second-order valence-electron chi connectivity index (χ2n) is 2.73. The van der Waals surface area contributed by atoms with Crippen LogP contribution >= 0.6 is 0 Å². The summed E-state index contributed by atoms with van der Waals surface area (Å²) in [6, 6.07) is 6.04. The van der Waals surface area contributed by atoms with Crippen LogP contribution in [0.1, 0.15) is 5.56 Å². The normalized spacial score (nSPS) is 14.0. The lowest BCUT2D eigenvalue weighted by Gasteiger charge is -2.19. The van der Waals surface area contributed by atoms with Gasteiger partial charge < -0.3 is 10.1 Å². The second-order valence-corrected chi connectivity index (χ2v) is 2.73. The van der Waals surface area contributed by atoms with Crippen molar-refractivity contribution in [1.29, 1.82) is 0 Å². The summed E-state index contributed by atoms with van der Waals surface area (Å²) >= 11 is 0. The number of nitrogens with one attached hydrogen (secondary N) is 1. The molecule has 0 spiro atoms. The minimum absolute atomic E-state index is 0.744. The maximum absolute atomic E-state index is 5.46. The Labute approximate surface area is 71.9 Å². The highest BCUT2D eigenvalue weighted by Gasteiger charge is 2.07. The Morgan fingerprint density at radius 3 is 3.25 bits per heavy atom. The largest absolute Gasteiger partial charge is 0.490 e. The number of benzene rings is 1. The number of rotatable bonds is 1. The van der Waals surface area contributed by atoms with Crippen molar-refractivity contribution in [2.75, 3.05) is 18.5 Å². The van der Waals surface area contributed by atoms with Crippen LogP contribution in [-0.2, 0) is 0 Å². The topological polar surface area (TPSA) is 21.3 Å². The maximum Gasteiger partial charge on any atom is 0.143 e. The van der Waals surface area contributed by atoms with Crippen LogP contribution in [0.2, 0.25) is 0 Å². The molecule has 12 heavy (non-hydrogen) atoms. The van der Waals surface area contributed by atoms with Gasteiger partial charge in [0.15, 0.2) is 0 Å². The second kappa shape index (κ2) is 2.89. The van der Waals surface area contributed by atoms with Crippen molar-refractivity contribution < 1.29 is 4.74 Å². The van der Waals surface area contributed by atoms with Gasteiger partial charge in [-0.1, -0.05) is 18.7 Å². The van der Waals surface area contributed by atoms with Crippen LogP contribution in [0.3, 0.4) is 0 Å². The average molecular weight is 161 g/mol. The highest BCUT2D eigenvalue weighted by Crippen LogP contribution is 2.28. The van der Waals surface area contributed by atoms with E-state index in [1.807, 2.05) is 24.3 Å². The van der Waals surface area contributed by atoms with Gasteiger partial charge >= 0.3 is 0 Å². The van der Waals surface area contributed by atoms with Gasteiger partial charge in [0.25, 0.3) is 0 Å². The zero-order valence-corrected chi connectivity index (χ0v) is 6.84. The predicted octanol–water partition coefficient (Wildman–Crippen LogP) is 2.13. The molecule has 0 saturated heterocycles. The molecular weight excluding hydrogens is 150 g/mol. The van der Waals surface area contributed by atoms with Gasteiger partial charge in [-0.05, 0) is 17.7 Å². The molecule has 1 aromatic carbocycles. The zero-order valence-electron chi connectivity index (χ0n) is 6.84. The van der Waals surface area contributed by atoms with E-state index in [-0.39, 0.29) is 0 Å². The molecule has 0 amide bonds. The van der Waals surface area contributed by atoms with Crippen LogP contribution in [0.25, 0.3) is 6.08 Å². The van der Waals surface area contributed by atoms with Gasteiger partial charge in [0.05, 0.1) is 5.69 Å². The summed E-state index contributed by atoms with van der Waals surface area (Å²) in [4.78, 5) is 0. The standard InChI is InChI=1S/C10H11NO/c1-2-8-3-4-9-10(7-8)12-6-5-11-9/h2-4,7,11H,1,5-6H2. The molecule has 0 unspecified atom stereocenters. The van der Waals surface area contributed by atoms with Crippen LogP contribution in [-0.4, -0.2) is 13.2 Å². The summed E-state index contributed by atoms with van der Waals surface area (Å²) in [5, 5.41) is 3.25. The Hall–Kier alpha value is -1.44. The van der Waals surface area contributed by atoms with E-state index in [4.69, 9.17) is 4.74 Å². The molecule has 1 heterocycles. The fourth-order valence-electron chi connectivity index (χ4n) is 1.28. The molecule has 0 aromatic heterocycles. The summed E-state index contributed by atoms with van der Waals surface area (Å²) in [5.41, 5.74) is 2.17. The highest BCUT2D eigenvalue weighted by molar-refractivity contribution is 5.63. The molecule has 2 nitrogen and oxygen atoms in total. The Bertz CT molecular complexity index is 307. The van der Waals surface area contributed by atoms with Crippen LogP contribution in [0.4, 0.5) is 5.69 Å². The van der Waals surface area contributed by atoms with Crippen molar-refractivity contribution >= 4 is 11.8 Å². The first-order valence-electron chi connectivity index (χ1n) is 4.03. The molecule has 2 heteroatoms. The highest BCUT2D eigenvalue weighted by atomic mass is 16.5. The first-order valence-corrected chi connectivity index (χ1v) is 4.03. The smallest absolute Gasteiger partial charge is 0.143 e. The number of hydrogen-bond donors (Lipinski definition) is 1. The molecule has 1 aromatic rings. The van der Waals surface area contributed by atoms with E-state index in [0.29, 0.717) is 0 Å². The minimum Gasteiger partial charge on any atom is -0.490 e. The third kappa shape index (κ3) is 1.16. The van der Waals surface area contributed by atoms with Crippen molar-refractivity contribution in [2.45, 2.75) is 0 Å². The van der Waals surface area contributed by atoms with Gasteiger partial charge in [-0.2, -0.15) is 0 Å². The van der Waals surface area contributed by atoms with Crippen LogP contribution < -0.4 is 10.1 Å². The van der Waals surface area contributed by atoms with E-state index >= 15 is 0 Å². The monoisotopic (exact) mass is 161 g/mol. The first kappa shape index (κ1) is 7.22. The zero-order chi connectivity index (χ0) is 8.39. The molecule has 2 rings (SSSR count). The van der Waals surface area contributed by atoms with E-state index in [1.165, 1.54) is 0 Å². The molecule has 0 radical (unpaired) electrons. The molecule has 62 valence electrons. The summed E-state index contributed by atoms with van der Waals surface area (Å²) in [5.74, 6) is 0.929. The SMILES string of the molecule is C=Cc1ccc2c(c1)OCCN2. The van der Waals surface area contributed by atoms with Gasteiger partial charge in [0, 0.05) is 6.54 Å². The number of ether oxygens (including phenoxy) is 1. The third-order valence-electron chi connectivity index (χ3n) is 1.92. The average Bonchev–Trinajstić information content (AvgIpc) is 2.17. The van der Waals surface area contributed by atoms with Crippen LogP contribution in [0.5, 0.6) is 5.75 Å². The quantitative estimate of drug-likeness (QED) is 0.681. The van der Waals surface area contributed by atoms with Gasteiger partial charge in [-0.15, -0.1) is 0 Å².